The van der Waals surface area contributed by atoms with Crippen molar-refractivity contribution in [2.45, 2.75) is 19.4 Å². The lowest BCUT2D eigenvalue weighted by Gasteiger charge is -2.22. The van der Waals surface area contributed by atoms with Gasteiger partial charge in [-0.2, -0.15) is 0 Å². The number of likely N-dealkylation sites (N-methyl/N-ethyl adjacent to an activating group) is 1. The molecule has 0 unspecified atom stereocenters. The summed E-state index contributed by atoms with van der Waals surface area (Å²) in [5.74, 6) is 0. The first-order valence-electron chi connectivity index (χ1n) is 7.83. The third kappa shape index (κ3) is 5.00. The van der Waals surface area contributed by atoms with E-state index in [1.54, 1.807) is 0 Å². The molecule has 2 heteroatoms. The van der Waals surface area contributed by atoms with Crippen molar-refractivity contribution in [3.05, 3.63) is 71.8 Å². The predicted octanol–water partition coefficient (Wildman–Crippen LogP) is 3.71. The number of rotatable bonds is 8. The van der Waals surface area contributed by atoms with Crippen molar-refractivity contribution >= 4 is 0 Å². The molecule has 0 bridgehead atoms. The quantitative estimate of drug-likeness (QED) is 0.794. The molecule has 0 aliphatic rings. The first-order chi connectivity index (χ1) is 10.3. The zero-order valence-corrected chi connectivity index (χ0v) is 13.1. The molecular weight excluding hydrogens is 256 g/mol. The van der Waals surface area contributed by atoms with Gasteiger partial charge in [0.2, 0.25) is 0 Å². The molecule has 0 saturated heterocycles. The van der Waals surface area contributed by atoms with E-state index < -0.39 is 0 Å². The van der Waals surface area contributed by atoms with Gasteiger partial charge in [0, 0.05) is 13.1 Å². The van der Waals surface area contributed by atoms with Crippen LogP contribution in [0.4, 0.5) is 0 Å². The van der Waals surface area contributed by atoms with Crippen molar-refractivity contribution in [3.63, 3.8) is 0 Å². The molecule has 0 saturated carbocycles. The van der Waals surface area contributed by atoms with E-state index in [2.05, 4.69) is 84.9 Å². The lowest BCUT2D eigenvalue weighted by molar-refractivity contribution is 0.328. The Morgan fingerprint density at radius 2 is 1.38 bits per heavy atom. The van der Waals surface area contributed by atoms with Gasteiger partial charge in [0.15, 0.2) is 0 Å². The molecule has 0 radical (unpaired) electrons. The van der Waals surface area contributed by atoms with Crippen LogP contribution in [0, 0.1) is 0 Å². The van der Waals surface area contributed by atoms with E-state index in [1.807, 2.05) is 0 Å². The molecule has 0 heterocycles. The maximum absolute atomic E-state index is 3.70. The third-order valence-corrected chi connectivity index (χ3v) is 3.71. The van der Waals surface area contributed by atoms with Crippen LogP contribution in [-0.4, -0.2) is 31.6 Å². The number of nitrogens with one attached hydrogen (secondary N) is 1. The summed E-state index contributed by atoms with van der Waals surface area (Å²) in [5, 5.41) is 3.70. The van der Waals surface area contributed by atoms with Crippen LogP contribution >= 0.6 is 0 Å². The highest BCUT2D eigenvalue weighted by Crippen LogP contribution is 2.21. The molecule has 0 aromatic heterocycles. The maximum atomic E-state index is 3.70. The summed E-state index contributed by atoms with van der Waals surface area (Å²) in [6.07, 6.45) is 1.21. The molecule has 2 aromatic carbocycles. The zero-order chi connectivity index (χ0) is 14.9. The Bertz CT molecular complexity index is 456. The Kier molecular flexibility index (Phi) is 6.45. The molecule has 112 valence electrons. The molecule has 0 spiro atoms. The molecule has 0 aliphatic carbocycles. The topological polar surface area (TPSA) is 15.3 Å². The monoisotopic (exact) mass is 282 g/mol. The Morgan fingerprint density at radius 1 is 0.857 bits per heavy atom. The highest BCUT2D eigenvalue weighted by Gasteiger charge is 2.12. The van der Waals surface area contributed by atoms with Crippen LogP contribution in [0.2, 0.25) is 0 Å². The minimum Gasteiger partial charge on any atom is -0.305 e. The lowest BCUT2D eigenvalue weighted by Crippen LogP contribution is -2.32. The smallest absolute Gasteiger partial charge is 0.0577 e. The van der Waals surface area contributed by atoms with Gasteiger partial charge in [0.25, 0.3) is 0 Å². The van der Waals surface area contributed by atoms with Crippen molar-refractivity contribution in [3.8, 4) is 0 Å². The Hall–Kier alpha value is -1.64. The van der Waals surface area contributed by atoms with Crippen LogP contribution in [-0.2, 0) is 0 Å². The minimum absolute atomic E-state index is 0.266. The van der Waals surface area contributed by atoms with E-state index in [9.17, 15) is 0 Å². The summed E-state index contributed by atoms with van der Waals surface area (Å²) < 4.78 is 0. The summed E-state index contributed by atoms with van der Waals surface area (Å²) in [6, 6.07) is 21.6. The number of nitrogens with zero attached hydrogens (tertiary/aromatic N) is 1. The van der Waals surface area contributed by atoms with Crippen LogP contribution in [0.15, 0.2) is 60.7 Å². The molecule has 1 N–H and O–H groups in total. The summed E-state index contributed by atoms with van der Waals surface area (Å²) in [6.45, 7) is 5.44. The standard InChI is InChI=1S/C19H26N2/c1-3-15-21(2)16-14-20-19(17-10-6-4-7-11-17)18-12-8-5-9-13-18/h4-13,19-20H,3,14-16H2,1-2H3. The van der Waals surface area contributed by atoms with Crippen LogP contribution in [0.1, 0.15) is 30.5 Å². The van der Waals surface area contributed by atoms with Crippen molar-refractivity contribution in [1.82, 2.24) is 10.2 Å². The molecule has 0 fully saturated rings. The third-order valence-electron chi connectivity index (χ3n) is 3.71. The number of hydrogen-bond acceptors (Lipinski definition) is 2. The van der Waals surface area contributed by atoms with Gasteiger partial charge in [0.1, 0.15) is 0 Å². The second kappa shape index (κ2) is 8.60. The largest absolute Gasteiger partial charge is 0.305 e. The van der Waals surface area contributed by atoms with Crippen molar-refractivity contribution in [2.75, 3.05) is 26.7 Å². The SMILES string of the molecule is CCCN(C)CCNC(c1ccccc1)c1ccccc1. The first-order valence-corrected chi connectivity index (χ1v) is 7.83. The number of hydrogen-bond donors (Lipinski definition) is 1. The molecule has 0 atom stereocenters. The van der Waals surface area contributed by atoms with E-state index in [0.717, 1.165) is 19.6 Å². The normalized spacial score (nSPS) is 11.2. The Morgan fingerprint density at radius 3 is 1.86 bits per heavy atom. The molecule has 0 aliphatic heterocycles. The average Bonchev–Trinajstić information content (AvgIpc) is 2.53. The Labute approximate surface area is 128 Å². The molecule has 0 amide bonds. The van der Waals surface area contributed by atoms with Crippen LogP contribution in [0.5, 0.6) is 0 Å². The van der Waals surface area contributed by atoms with Gasteiger partial charge in [-0.25, -0.2) is 0 Å². The highest BCUT2D eigenvalue weighted by atomic mass is 15.1. The van der Waals surface area contributed by atoms with E-state index in [-0.39, 0.29) is 6.04 Å². The van der Waals surface area contributed by atoms with Gasteiger partial charge in [-0.3, -0.25) is 0 Å². The summed E-state index contributed by atoms with van der Waals surface area (Å²) in [7, 11) is 2.19. The molecule has 2 rings (SSSR count). The van der Waals surface area contributed by atoms with Gasteiger partial charge >= 0.3 is 0 Å². The van der Waals surface area contributed by atoms with Crippen LogP contribution < -0.4 is 5.32 Å². The first kappa shape index (κ1) is 15.7. The fraction of sp³-hybridized carbons (Fsp3) is 0.368. The van der Waals surface area contributed by atoms with Crippen molar-refractivity contribution in [2.24, 2.45) is 0 Å². The van der Waals surface area contributed by atoms with Gasteiger partial charge in [-0.15, -0.1) is 0 Å². The molecule has 2 aromatic rings. The summed E-state index contributed by atoms with van der Waals surface area (Å²) in [4.78, 5) is 2.38. The molecule has 21 heavy (non-hydrogen) atoms. The zero-order valence-electron chi connectivity index (χ0n) is 13.1. The van der Waals surface area contributed by atoms with Gasteiger partial charge < -0.3 is 10.2 Å². The van der Waals surface area contributed by atoms with E-state index >= 15 is 0 Å². The predicted molar refractivity (Wildman–Crippen MR) is 90.5 cm³/mol. The summed E-state index contributed by atoms with van der Waals surface area (Å²) in [5.41, 5.74) is 2.64. The van der Waals surface area contributed by atoms with E-state index in [0.29, 0.717) is 0 Å². The molecular formula is C19H26N2. The second-order valence-corrected chi connectivity index (χ2v) is 5.51. The average molecular weight is 282 g/mol. The summed E-state index contributed by atoms with van der Waals surface area (Å²) >= 11 is 0. The maximum Gasteiger partial charge on any atom is 0.0577 e. The number of benzene rings is 2. The van der Waals surface area contributed by atoms with Crippen LogP contribution in [0.3, 0.4) is 0 Å². The van der Waals surface area contributed by atoms with E-state index in [4.69, 9.17) is 0 Å². The highest BCUT2D eigenvalue weighted by molar-refractivity contribution is 5.31. The fourth-order valence-corrected chi connectivity index (χ4v) is 2.61. The van der Waals surface area contributed by atoms with Gasteiger partial charge in [-0.1, -0.05) is 67.6 Å². The second-order valence-electron chi connectivity index (χ2n) is 5.51. The van der Waals surface area contributed by atoms with Crippen molar-refractivity contribution < 1.29 is 0 Å². The van der Waals surface area contributed by atoms with Crippen molar-refractivity contribution in [1.29, 1.82) is 0 Å². The van der Waals surface area contributed by atoms with E-state index in [1.165, 1.54) is 17.5 Å². The minimum atomic E-state index is 0.266. The molecule has 2 nitrogen and oxygen atoms in total. The fourth-order valence-electron chi connectivity index (χ4n) is 2.61. The lowest BCUT2D eigenvalue weighted by atomic mass is 9.99. The Balaban J connectivity index is 2.04. The van der Waals surface area contributed by atoms with Gasteiger partial charge in [0.05, 0.1) is 6.04 Å². The van der Waals surface area contributed by atoms with Gasteiger partial charge in [-0.05, 0) is 31.1 Å². The van der Waals surface area contributed by atoms with Crippen LogP contribution in [0.25, 0.3) is 0 Å².